The third-order valence-corrected chi connectivity index (χ3v) is 1.48. The molecule has 0 aromatic rings. The highest BCUT2D eigenvalue weighted by atomic mass is 32.1. The van der Waals surface area contributed by atoms with E-state index >= 15 is 0 Å². The van der Waals surface area contributed by atoms with Crippen LogP contribution < -0.4 is 16.6 Å². The van der Waals surface area contributed by atoms with E-state index in [0.717, 1.165) is 12.8 Å². The number of hydrazine groups is 1. The zero-order valence-electron chi connectivity index (χ0n) is 4.85. The van der Waals surface area contributed by atoms with Crippen molar-refractivity contribution < 1.29 is 4.79 Å². The molecule has 4 nitrogen and oxygen atoms in total. The van der Waals surface area contributed by atoms with Gasteiger partial charge < -0.3 is 5.32 Å². The van der Waals surface area contributed by atoms with Gasteiger partial charge in [-0.2, -0.15) is 0 Å². The van der Waals surface area contributed by atoms with Gasteiger partial charge in [0.05, 0.1) is 0 Å². The first-order chi connectivity index (χ1) is 4.18. The Morgan fingerprint density at radius 3 is 2.33 bits per heavy atom. The molecule has 52 valence electrons. The van der Waals surface area contributed by atoms with E-state index in [1.54, 1.807) is 0 Å². The Hall–Kier alpha value is -0.260. The van der Waals surface area contributed by atoms with Crippen molar-refractivity contribution in [3.05, 3.63) is 0 Å². The van der Waals surface area contributed by atoms with Crippen LogP contribution >= 0.6 is 12.6 Å². The Labute approximate surface area is 58.6 Å². The van der Waals surface area contributed by atoms with E-state index in [4.69, 9.17) is 5.84 Å². The Balaban J connectivity index is 2.33. The summed E-state index contributed by atoms with van der Waals surface area (Å²) in [6, 6.07) is 0. The number of hydrogen-bond acceptors (Lipinski definition) is 3. The normalized spacial score (nSPS) is 21.1. The lowest BCUT2D eigenvalue weighted by molar-refractivity contribution is 0.253. The van der Waals surface area contributed by atoms with Crippen LogP contribution in [0.4, 0.5) is 4.79 Å². The van der Waals surface area contributed by atoms with Gasteiger partial charge in [-0.1, -0.05) is 12.6 Å². The maximum atomic E-state index is 10.3. The second-order valence-electron chi connectivity index (χ2n) is 2.16. The molecule has 4 N–H and O–H groups in total. The van der Waals surface area contributed by atoms with Crippen molar-refractivity contribution in [2.75, 3.05) is 0 Å². The molecule has 0 saturated heterocycles. The van der Waals surface area contributed by atoms with Gasteiger partial charge in [-0.15, -0.1) is 0 Å². The largest absolute Gasteiger partial charge is 0.328 e. The Bertz CT molecular complexity index is 134. The molecule has 0 radical (unpaired) electrons. The predicted molar refractivity (Wildman–Crippen MR) is 36.8 cm³/mol. The Kier molecular flexibility index (Phi) is 1.65. The summed E-state index contributed by atoms with van der Waals surface area (Å²) in [6.45, 7) is 0. The van der Waals surface area contributed by atoms with Gasteiger partial charge in [0.25, 0.3) is 5.24 Å². The number of carbonyl (C=O) groups excluding carboxylic acids is 1. The topological polar surface area (TPSA) is 67.2 Å². The lowest BCUT2D eigenvalue weighted by Crippen LogP contribution is -2.49. The molecule has 1 aliphatic carbocycles. The van der Waals surface area contributed by atoms with Crippen LogP contribution in [0.1, 0.15) is 12.8 Å². The highest BCUT2D eigenvalue weighted by molar-refractivity contribution is 7.96. The van der Waals surface area contributed by atoms with Crippen LogP contribution in [0.25, 0.3) is 0 Å². The predicted octanol–water partition coefficient (Wildman–Crippen LogP) is -0.421. The van der Waals surface area contributed by atoms with Gasteiger partial charge in [0.15, 0.2) is 0 Å². The van der Waals surface area contributed by atoms with Crippen LogP contribution in [-0.2, 0) is 0 Å². The molecule has 9 heavy (non-hydrogen) atoms. The summed E-state index contributed by atoms with van der Waals surface area (Å²) in [5, 5.41) is 2.23. The number of nitrogens with one attached hydrogen (secondary N) is 2. The minimum atomic E-state index is -0.342. The van der Waals surface area contributed by atoms with E-state index in [0.29, 0.717) is 0 Å². The minimum Gasteiger partial charge on any atom is -0.328 e. The van der Waals surface area contributed by atoms with E-state index in [-0.39, 0.29) is 10.9 Å². The summed E-state index contributed by atoms with van der Waals surface area (Å²) in [5.41, 5.74) is 2.17. The second-order valence-corrected chi connectivity index (χ2v) is 2.56. The van der Waals surface area contributed by atoms with Gasteiger partial charge in [0, 0.05) is 0 Å². The molecule has 1 aliphatic rings. The van der Waals surface area contributed by atoms with Crippen LogP contribution in [-0.4, -0.2) is 10.9 Å². The van der Waals surface area contributed by atoms with Crippen molar-refractivity contribution in [2.24, 2.45) is 5.84 Å². The summed E-state index contributed by atoms with van der Waals surface area (Å²) in [7, 11) is 0. The molecule has 0 spiro atoms. The van der Waals surface area contributed by atoms with Gasteiger partial charge >= 0.3 is 0 Å². The SMILES string of the molecule is NNC1(NC(=O)S)CC1. The van der Waals surface area contributed by atoms with Crippen molar-refractivity contribution in [3.8, 4) is 0 Å². The van der Waals surface area contributed by atoms with E-state index in [1.165, 1.54) is 0 Å². The molecule has 0 heterocycles. The van der Waals surface area contributed by atoms with Crippen LogP contribution in [0.3, 0.4) is 0 Å². The lowest BCUT2D eigenvalue weighted by atomic mass is 10.5. The second kappa shape index (κ2) is 2.17. The van der Waals surface area contributed by atoms with Gasteiger partial charge in [-0.3, -0.25) is 10.6 Å². The number of amides is 1. The van der Waals surface area contributed by atoms with E-state index < -0.39 is 0 Å². The zero-order valence-corrected chi connectivity index (χ0v) is 5.74. The van der Waals surface area contributed by atoms with Gasteiger partial charge in [-0.25, -0.2) is 5.43 Å². The average molecular weight is 147 g/mol. The number of nitrogens with two attached hydrogens (primary N) is 1. The Morgan fingerprint density at radius 2 is 2.22 bits per heavy atom. The van der Waals surface area contributed by atoms with Crippen LogP contribution in [0.2, 0.25) is 0 Å². The molecule has 0 atom stereocenters. The smallest absolute Gasteiger partial charge is 0.277 e. The zero-order chi connectivity index (χ0) is 6.91. The maximum Gasteiger partial charge on any atom is 0.277 e. The molecule has 1 saturated carbocycles. The monoisotopic (exact) mass is 147 g/mol. The minimum absolute atomic E-state index is 0.334. The highest BCUT2D eigenvalue weighted by Crippen LogP contribution is 2.31. The molecular weight excluding hydrogens is 138 g/mol. The maximum absolute atomic E-state index is 10.3. The van der Waals surface area contributed by atoms with E-state index in [2.05, 4.69) is 23.4 Å². The third kappa shape index (κ3) is 1.57. The van der Waals surface area contributed by atoms with Crippen LogP contribution in [0.15, 0.2) is 0 Å². The van der Waals surface area contributed by atoms with Crippen molar-refractivity contribution in [1.82, 2.24) is 10.7 Å². The standard InChI is InChI=1S/C4H9N3OS/c5-7-4(1-2-4)6-3(8)9/h7H,1-2,5H2,(H2,6,8,9). The first kappa shape index (κ1) is 6.85. The molecule has 1 amide bonds. The molecule has 1 fully saturated rings. The average Bonchev–Trinajstić information content (AvgIpc) is 2.48. The molecule has 0 bridgehead atoms. The van der Waals surface area contributed by atoms with Crippen molar-refractivity contribution in [1.29, 1.82) is 0 Å². The van der Waals surface area contributed by atoms with Crippen LogP contribution in [0.5, 0.6) is 0 Å². The number of rotatable bonds is 2. The van der Waals surface area contributed by atoms with Gasteiger partial charge in [0.1, 0.15) is 5.66 Å². The number of thiol groups is 1. The highest BCUT2D eigenvalue weighted by Gasteiger charge is 2.42. The Morgan fingerprint density at radius 1 is 1.67 bits per heavy atom. The molecule has 5 heteroatoms. The van der Waals surface area contributed by atoms with E-state index in [9.17, 15) is 4.79 Å². The summed E-state index contributed by atoms with van der Waals surface area (Å²) in [4.78, 5) is 10.3. The molecular formula is C4H9N3OS. The summed E-state index contributed by atoms with van der Waals surface area (Å²) in [5.74, 6) is 5.12. The van der Waals surface area contributed by atoms with Gasteiger partial charge in [-0.05, 0) is 12.8 Å². The molecule has 0 aliphatic heterocycles. The van der Waals surface area contributed by atoms with Crippen molar-refractivity contribution in [2.45, 2.75) is 18.5 Å². The molecule has 1 rings (SSSR count). The molecule has 0 aromatic carbocycles. The van der Waals surface area contributed by atoms with Crippen molar-refractivity contribution >= 4 is 17.9 Å². The van der Waals surface area contributed by atoms with Crippen molar-refractivity contribution in [3.63, 3.8) is 0 Å². The van der Waals surface area contributed by atoms with Gasteiger partial charge in [0.2, 0.25) is 0 Å². The number of carbonyl (C=O) groups is 1. The fourth-order valence-corrected chi connectivity index (χ4v) is 0.849. The summed E-state index contributed by atoms with van der Waals surface area (Å²) in [6.07, 6.45) is 1.77. The lowest BCUT2D eigenvalue weighted by Gasteiger charge is -2.12. The van der Waals surface area contributed by atoms with E-state index in [1.807, 2.05) is 0 Å². The fourth-order valence-electron chi connectivity index (χ4n) is 0.635. The summed E-state index contributed by atoms with van der Waals surface area (Å²) >= 11 is 3.54. The molecule has 0 unspecified atom stereocenters. The first-order valence-corrected chi connectivity index (χ1v) is 3.12. The third-order valence-electron chi connectivity index (χ3n) is 1.37. The van der Waals surface area contributed by atoms with Crippen LogP contribution in [0, 0.1) is 0 Å². The first-order valence-electron chi connectivity index (χ1n) is 2.67. The molecule has 0 aromatic heterocycles. The summed E-state index contributed by atoms with van der Waals surface area (Å²) < 4.78 is 0. The number of hydrogen-bond donors (Lipinski definition) is 4. The quantitative estimate of drug-likeness (QED) is 0.186. The fraction of sp³-hybridized carbons (Fsp3) is 0.750.